The van der Waals surface area contributed by atoms with Gasteiger partial charge in [0.1, 0.15) is 5.65 Å². The van der Waals surface area contributed by atoms with Crippen LogP contribution in [0, 0.1) is 6.92 Å². The van der Waals surface area contributed by atoms with Crippen LogP contribution >= 0.6 is 0 Å². The third kappa shape index (κ3) is 2.71. The Morgan fingerprint density at radius 1 is 1.23 bits per heavy atom. The number of benzene rings is 1. The number of aromatic amines is 1. The molecular weight excluding hydrogens is 332 g/mol. The zero-order chi connectivity index (χ0) is 18.4. The Hall–Kier alpha value is -3.22. The molecule has 0 unspecified atom stereocenters. The minimum Gasteiger partial charge on any atom is -0.311 e. The monoisotopic (exact) mass is 350 g/mol. The van der Waals surface area contributed by atoms with Gasteiger partial charge in [-0.25, -0.2) is 9.78 Å². The highest BCUT2D eigenvalue weighted by molar-refractivity contribution is 6.06. The highest BCUT2D eigenvalue weighted by atomic mass is 16.2. The fraction of sp³-hybridized carbons (Fsp3) is 0.263. The van der Waals surface area contributed by atoms with E-state index in [0.29, 0.717) is 11.2 Å². The van der Waals surface area contributed by atoms with Gasteiger partial charge in [-0.2, -0.15) is 0 Å². The van der Waals surface area contributed by atoms with E-state index in [2.05, 4.69) is 9.97 Å². The van der Waals surface area contributed by atoms with Crippen molar-refractivity contribution in [3.63, 3.8) is 0 Å². The van der Waals surface area contributed by atoms with Crippen molar-refractivity contribution in [2.24, 2.45) is 0 Å². The number of amides is 1. The number of anilines is 1. The van der Waals surface area contributed by atoms with E-state index >= 15 is 0 Å². The molecule has 4 rings (SSSR count). The van der Waals surface area contributed by atoms with E-state index in [1.54, 1.807) is 7.05 Å². The minimum absolute atomic E-state index is 0.0751. The van der Waals surface area contributed by atoms with Crippen LogP contribution in [0.3, 0.4) is 0 Å². The summed E-state index contributed by atoms with van der Waals surface area (Å²) in [4.78, 5) is 45.2. The lowest BCUT2D eigenvalue weighted by atomic mass is 10.1. The number of aryl methyl sites for hydroxylation is 1. The van der Waals surface area contributed by atoms with Crippen LogP contribution in [0.4, 0.5) is 5.69 Å². The number of hydrogen-bond donors (Lipinski definition) is 1. The quantitative estimate of drug-likeness (QED) is 0.783. The molecule has 0 bridgehead atoms. The van der Waals surface area contributed by atoms with Crippen LogP contribution in [-0.2, 0) is 0 Å². The molecule has 26 heavy (non-hydrogen) atoms. The van der Waals surface area contributed by atoms with Gasteiger partial charge in [0, 0.05) is 25.0 Å². The average Bonchev–Trinajstić information content (AvgIpc) is 3.46. The summed E-state index contributed by atoms with van der Waals surface area (Å²) >= 11 is 0. The zero-order valence-electron chi connectivity index (χ0n) is 14.5. The molecule has 1 fully saturated rings. The second kappa shape index (κ2) is 5.94. The van der Waals surface area contributed by atoms with Gasteiger partial charge in [-0.1, -0.05) is 17.7 Å². The predicted molar refractivity (Wildman–Crippen MR) is 98.8 cm³/mol. The first-order valence-electron chi connectivity index (χ1n) is 8.45. The molecule has 0 spiro atoms. The molecule has 1 amide bonds. The highest BCUT2D eigenvalue weighted by Gasteiger charge is 2.28. The summed E-state index contributed by atoms with van der Waals surface area (Å²) in [6, 6.07) is 9.16. The minimum atomic E-state index is -0.526. The molecular formula is C19H18N4O3. The number of nitrogens with one attached hydrogen (secondary N) is 1. The fourth-order valence-electron chi connectivity index (χ4n) is 3.01. The third-order valence-electron chi connectivity index (χ3n) is 4.66. The van der Waals surface area contributed by atoms with Crippen molar-refractivity contribution in [3.05, 3.63) is 68.5 Å². The van der Waals surface area contributed by atoms with Crippen molar-refractivity contribution < 1.29 is 4.79 Å². The Bertz CT molecular complexity index is 1120. The van der Waals surface area contributed by atoms with Crippen molar-refractivity contribution in [2.75, 3.05) is 11.9 Å². The molecule has 132 valence electrons. The lowest BCUT2D eigenvalue weighted by molar-refractivity contribution is 0.0993. The molecule has 0 radical (unpaired) electrons. The van der Waals surface area contributed by atoms with E-state index in [1.807, 2.05) is 31.2 Å². The van der Waals surface area contributed by atoms with E-state index in [0.717, 1.165) is 24.1 Å². The van der Waals surface area contributed by atoms with Gasteiger partial charge in [0.05, 0.1) is 10.9 Å². The molecule has 1 aliphatic carbocycles. The van der Waals surface area contributed by atoms with Crippen molar-refractivity contribution in [3.8, 4) is 0 Å². The van der Waals surface area contributed by atoms with Gasteiger partial charge in [0.25, 0.3) is 11.5 Å². The lowest BCUT2D eigenvalue weighted by Gasteiger charge is -2.18. The van der Waals surface area contributed by atoms with E-state index in [-0.39, 0.29) is 17.3 Å². The molecule has 1 aromatic carbocycles. The Morgan fingerprint density at radius 3 is 2.58 bits per heavy atom. The molecule has 1 N–H and O–H groups in total. The highest BCUT2D eigenvalue weighted by Crippen LogP contribution is 2.34. The molecule has 2 heterocycles. The molecule has 7 heteroatoms. The summed E-state index contributed by atoms with van der Waals surface area (Å²) in [6.45, 7) is 1.98. The molecule has 3 aromatic rings. The Morgan fingerprint density at radius 2 is 1.92 bits per heavy atom. The van der Waals surface area contributed by atoms with Crippen LogP contribution in [0.2, 0.25) is 0 Å². The van der Waals surface area contributed by atoms with Crippen LogP contribution in [0.1, 0.15) is 34.8 Å². The van der Waals surface area contributed by atoms with Gasteiger partial charge in [-0.3, -0.25) is 19.1 Å². The van der Waals surface area contributed by atoms with E-state index in [9.17, 15) is 14.4 Å². The smallest absolute Gasteiger partial charge is 0.311 e. The van der Waals surface area contributed by atoms with Crippen LogP contribution < -0.4 is 16.1 Å². The molecule has 0 aliphatic heterocycles. The summed E-state index contributed by atoms with van der Waals surface area (Å²) < 4.78 is 1.51. The number of carbonyl (C=O) groups excluding carboxylic acids is 1. The number of nitrogens with zero attached hydrogens (tertiary/aromatic N) is 3. The normalized spacial score (nSPS) is 13.8. The number of carbonyl (C=O) groups is 1. The molecule has 0 saturated heterocycles. The maximum Gasteiger partial charge on any atom is 0.330 e. The van der Waals surface area contributed by atoms with Gasteiger partial charge in [0.2, 0.25) is 0 Å². The zero-order valence-corrected chi connectivity index (χ0v) is 14.5. The van der Waals surface area contributed by atoms with Crippen molar-refractivity contribution >= 4 is 22.6 Å². The first-order chi connectivity index (χ1) is 12.5. The number of rotatable bonds is 3. The van der Waals surface area contributed by atoms with Gasteiger partial charge >= 0.3 is 5.69 Å². The molecule has 7 nitrogen and oxygen atoms in total. The molecule has 0 atom stereocenters. The second-order valence-corrected chi connectivity index (χ2v) is 6.66. The fourth-order valence-corrected chi connectivity index (χ4v) is 3.01. The Kier molecular flexibility index (Phi) is 3.72. The number of fused-ring (bicyclic) bond motifs is 1. The van der Waals surface area contributed by atoms with Gasteiger partial charge in [-0.05, 0) is 38.0 Å². The standard InChI is InChI=1S/C19H18N4O3/c1-11-3-5-13(6-4-11)22(2)18(25)12-9-15-16(20-10-12)23(14-7-8-14)19(26)21-17(15)24/h3-6,9-10,14H,7-8H2,1-2H3,(H,21,24,26). The van der Waals surface area contributed by atoms with E-state index in [4.69, 9.17) is 0 Å². The predicted octanol–water partition coefficient (Wildman–Crippen LogP) is 2.00. The topological polar surface area (TPSA) is 88.1 Å². The van der Waals surface area contributed by atoms with Gasteiger partial charge in [-0.15, -0.1) is 0 Å². The number of hydrogen-bond acceptors (Lipinski definition) is 4. The maximum atomic E-state index is 12.8. The summed E-state index contributed by atoms with van der Waals surface area (Å²) in [5.74, 6) is -0.271. The summed E-state index contributed by atoms with van der Waals surface area (Å²) in [5, 5.41) is 0.250. The first-order valence-corrected chi connectivity index (χ1v) is 8.45. The number of aromatic nitrogens is 3. The molecule has 1 saturated carbocycles. The number of pyridine rings is 1. The largest absolute Gasteiger partial charge is 0.330 e. The SMILES string of the molecule is Cc1ccc(N(C)C(=O)c2cnc3c(c2)c(=O)[nH]c(=O)n3C2CC2)cc1. The lowest BCUT2D eigenvalue weighted by Crippen LogP contribution is -2.31. The van der Waals surface area contributed by atoms with Crippen LogP contribution in [-0.4, -0.2) is 27.5 Å². The van der Waals surface area contributed by atoms with E-state index < -0.39 is 11.2 Å². The van der Waals surface area contributed by atoms with E-state index in [1.165, 1.54) is 21.7 Å². The Labute approximate surface area is 148 Å². The molecule has 2 aromatic heterocycles. The summed E-state index contributed by atoms with van der Waals surface area (Å²) in [5.41, 5.74) is 1.50. The van der Waals surface area contributed by atoms with Crippen LogP contribution in [0.25, 0.3) is 11.0 Å². The maximum absolute atomic E-state index is 12.8. The molecule has 1 aliphatic rings. The van der Waals surface area contributed by atoms with Crippen molar-refractivity contribution in [1.29, 1.82) is 0 Å². The second-order valence-electron chi connectivity index (χ2n) is 6.66. The summed E-state index contributed by atoms with van der Waals surface area (Å²) in [7, 11) is 1.67. The Balaban J connectivity index is 1.77. The number of H-pyrrole nitrogens is 1. The average molecular weight is 350 g/mol. The van der Waals surface area contributed by atoms with Crippen molar-refractivity contribution in [1.82, 2.24) is 14.5 Å². The summed E-state index contributed by atoms with van der Waals surface area (Å²) in [6.07, 6.45) is 3.20. The third-order valence-corrected chi connectivity index (χ3v) is 4.66. The van der Waals surface area contributed by atoms with Gasteiger partial charge in [0.15, 0.2) is 0 Å². The first kappa shape index (κ1) is 16.3. The van der Waals surface area contributed by atoms with Crippen molar-refractivity contribution in [2.45, 2.75) is 25.8 Å². The van der Waals surface area contributed by atoms with Gasteiger partial charge < -0.3 is 4.90 Å². The van der Waals surface area contributed by atoms with Crippen LogP contribution in [0.5, 0.6) is 0 Å². The van der Waals surface area contributed by atoms with Crippen LogP contribution in [0.15, 0.2) is 46.1 Å².